The Morgan fingerprint density at radius 3 is 2.56 bits per heavy atom. The van der Waals surface area contributed by atoms with Crippen LogP contribution in [0.25, 0.3) is 22.5 Å². The van der Waals surface area contributed by atoms with Gasteiger partial charge in [-0.05, 0) is 68.7 Å². The number of nitrogens with one attached hydrogen (secondary N) is 1. The average molecular weight is 426 g/mol. The van der Waals surface area contributed by atoms with Gasteiger partial charge in [0.1, 0.15) is 5.69 Å². The first-order chi connectivity index (χ1) is 15.8. The van der Waals surface area contributed by atoms with E-state index in [1.807, 2.05) is 35.3 Å². The number of anilines is 3. The molecular weight excluding hydrogens is 398 g/mol. The number of piperidine rings is 1. The van der Waals surface area contributed by atoms with Crippen LogP contribution in [0.3, 0.4) is 0 Å². The lowest BCUT2D eigenvalue weighted by atomic mass is 10.1. The zero-order valence-electron chi connectivity index (χ0n) is 18.3. The van der Waals surface area contributed by atoms with E-state index in [9.17, 15) is 0 Å². The zero-order chi connectivity index (χ0) is 21.8. The van der Waals surface area contributed by atoms with E-state index in [1.54, 1.807) is 12.4 Å². The molecule has 0 amide bonds. The molecule has 0 spiro atoms. The summed E-state index contributed by atoms with van der Waals surface area (Å²) < 4.78 is 1.92. The summed E-state index contributed by atoms with van der Waals surface area (Å²) in [4.78, 5) is 15.9. The predicted octanol–water partition coefficient (Wildman–Crippen LogP) is 5.16. The summed E-state index contributed by atoms with van der Waals surface area (Å²) in [7, 11) is 0. The summed E-state index contributed by atoms with van der Waals surface area (Å²) in [6, 6.07) is 14.4. The molecule has 7 heteroatoms. The molecule has 0 aliphatic carbocycles. The number of aromatic nitrogens is 5. The second kappa shape index (κ2) is 9.18. The van der Waals surface area contributed by atoms with Gasteiger partial charge in [-0.1, -0.05) is 0 Å². The van der Waals surface area contributed by atoms with Gasteiger partial charge in [0.25, 0.3) is 0 Å². The van der Waals surface area contributed by atoms with Crippen LogP contribution < -0.4 is 10.2 Å². The maximum atomic E-state index is 4.78. The van der Waals surface area contributed by atoms with Crippen LogP contribution in [-0.4, -0.2) is 37.8 Å². The maximum absolute atomic E-state index is 4.78. The highest BCUT2D eigenvalue weighted by molar-refractivity contribution is 5.78. The van der Waals surface area contributed by atoms with Crippen LogP contribution in [0.15, 0.2) is 67.3 Å². The average Bonchev–Trinajstić information content (AvgIpc) is 3.31. The third-order valence-corrected chi connectivity index (χ3v) is 5.80. The van der Waals surface area contributed by atoms with E-state index in [-0.39, 0.29) is 0 Å². The minimum absolute atomic E-state index is 0.564. The van der Waals surface area contributed by atoms with Crippen LogP contribution in [0, 0.1) is 0 Å². The number of hydrogen-bond acceptors (Lipinski definition) is 6. The van der Waals surface area contributed by atoms with E-state index in [1.165, 1.54) is 24.9 Å². The summed E-state index contributed by atoms with van der Waals surface area (Å²) in [6.45, 7) is 5.14. The Morgan fingerprint density at radius 2 is 1.81 bits per heavy atom. The number of benzene rings is 1. The second-order valence-electron chi connectivity index (χ2n) is 7.97. The monoisotopic (exact) mass is 425 g/mol. The number of pyridine rings is 1. The van der Waals surface area contributed by atoms with Gasteiger partial charge in [0.2, 0.25) is 5.95 Å². The van der Waals surface area contributed by atoms with Crippen molar-refractivity contribution in [3.63, 3.8) is 0 Å². The van der Waals surface area contributed by atoms with Gasteiger partial charge in [-0.25, -0.2) is 9.97 Å². The first-order valence-electron chi connectivity index (χ1n) is 11.2. The molecule has 162 valence electrons. The molecule has 1 saturated heterocycles. The van der Waals surface area contributed by atoms with Gasteiger partial charge in [-0.3, -0.25) is 9.67 Å². The molecule has 1 aromatic carbocycles. The van der Waals surface area contributed by atoms with Crippen molar-refractivity contribution < 1.29 is 0 Å². The molecule has 0 bridgehead atoms. The largest absolute Gasteiger partial charge is 0.372 e. The van der Waals surface area contributed by atoms with Crippen LogP contribution in [-0.2, 0) is 6.54 Å². The van der Waals surface area contributed by atoms with Gasteiger partial charge in [-0.2, -0.15) is 5.10 Å². The lowest BCUT2D eigenvalue weighted by Crippen LogP contribution is -2.29. The van der Waals surface area contributed by atoms with Gasteiger partial charge < -0.3 is 10.2 Å². The van der Waals surface area contributed by atoms with Crippen molar-refractivity contribution in [3.8, 4) is 22.5 Å². The Hall–Kier alpha value is -3.74. The van der Waals surface area contributed by atoms with Crippen LogP contribution in [0.2, 0.25) is 0 Å². The first kappa shape index (κ1) is 20.2. The van der Waals surface area contributed by atoms with E-state index in [0.717, 1.165) is 47.8 Å². The van der Waals surface area contributed by atoms with Crippen molar-refractivity contribution in [2.45, 2.75) is 32.7 Å². The van der Waals surface area contributed by atoms with Crippen molar-refractivity contribution in [1.82, 2.24) is 24.7 Å². The molecule has 0 unspecified atom stereocenters. The molecular formula is C25H27N7. The molecule has 3 aromatic heterocycles. The third kappa shape index (κ3) is 4.32. The summed E-state index contributed by atoms with van der Waals surface area (Å²) in [5.74, 6) is 0.564. The topological polar surface area (TPSA) is 71.8 Å². The molecule has 7 nitrogen and oxygen atoms in total. The number of nitrogens with zero attached hydrogens (tertiary/aromatic N) is 6. The second-order valence-corrected chi connectivity index (χ2v) is 7.97. The Kier molecular flexibility index (Phi) is 5.79. The van der Waals surface area contributed by atoms with Crippen LogP contribution >= 0.6 is 0 Å². The molecule has 1 aliphatic rings. The molecule has 5 rings (SSSR count). The van der Waals surface area contributed by atoms with Gasteiger partial charge in [0.15, 0.2) is 0 Å². The van der Waals surface area contributed by atoms with Crippen molar-refractivity contribution in [3.05, 3.63) is 67.3 Å². The number of rotatable bonds is 6. The van der Waals surface area contributed by atoms with Gasteiger partial charge in [0.05, 0.1) is 5.69 Å². The summed E-state index contributed by atoms with van der Waals surface area (Å²) in [5.41, 5.74) is 5.88. The molecule has 1 N–H and O–H groups in total. The highest BCUT2D eigenvalue weighted by atomic mass is 15.3. The Morgan fingerprint density at radius 1 is 0.969 bits per heavy atom. The summed E-state index contributed by atoms with van der Waals surface area (Å²) in [6.07, 6.45) is 11.3. The molecule has 0 radical (unpaired) electrons. The predicted molar refractivity (Wildman–Crippen MR) is 128 cm³/mol. The summed E-state index contributed by atoms with van der Waals surface area (Å²) in [5, 5.41) is 8.08. The highest BCUT2D eigenvalue weighted by Crippen LogP contribution is 2.30. The fraction of sp³-hybridized carbons (Fsp3) is 0.280. The summed E-state index contributed by atoms with van der Waals surface area (Å²) >= 11 is 0. The Labute approximate surface area is 188 Å². The third-order valence-electron chi connectivity index (χ3n) is 5.80. The van der Waals surface area contributed by atoms with Gasteiger partial charge >= 0.3 is 0 Å². The maximum Gasteiger partial charge on any atom is 0.227 e. The molecule has 0 atom stereocenters. The normalized spacial score (nSPS) is 13.8. The van der Waals surface area contributed by atoms with Crippen molar-refractivity contribution in [2.75, 3.05) is 23.3 Å². The molecule has 4 heterocycles. The van der Waals surface area contributed by atoms with E-state index in [2.05, 4.69) is 51.4 Å². The quantitative estimate of drug-likeness (QED) is 0.460. The van der Waals surface area contributed by atoms with E-state index >= 15 is 0 Å². The molecule has 32 heavy (non-hydrogen) atoms. The van der Waals surface area contributed by atoms with Crippen molar-refractivity contribution in [1.29, 1.82) is 0 Å². The van der Waals surface area contributed by atoms with Crippen LogP contribution in [0.5, 0.6) is 0 Å². The fourth-order valence-electron chi connectivity index (χ4n) is 4.09. The lowest BCUT2D eigenvalue weighted by molar-refractivity contribution is 0.578. The number of hydrogen-bond donors (Lipinski definition) is 1. The molecule has 4 aromatic rings. The van der Waals surface area contributed by atoms with Gasteiger partial charge in [-0.15, -0.1) is 0 Å². The van der Waals surface area contributed by atoms with Crippen molar-refractivity contribution in [2.24, 2.45) is 0 Å². The zero-order valence-corrected chi connectivity index (χ0v) is 18.3. The smallest absolute Gasteiger partial charge is 0.227 e. The SMILES string of the molecule is CCn1cc(-c2ccnc(Nc3ccc(N4CCCCC4)cc3)n2)c(-c2cccnc2)n1. The van der Waals surface area contributed by atoms with E-state index < -0.39 is 0 Å². The number of aryl methyl sites for hydroxylation is 1. The highest BCUT2D eigenvalue weighted by Gasteiger charge is 2.15. The minimum Gasteiger partial charge on any atom is -0.372 e. The van der Waals surface area contributed by atoms with Crippen molar-refractivity contribution >= 4 is 17.3 Å². The minimum atomic E-state index is 0.564. The first-order valence-corrected chi connectivity index (χ1v) is 11.2. The lowest BCUT2D eigenvalue weighted by Gasteiger charge is -2.28. The van der Waals surface area contributed by atoms with Gasteiger partial charge in [0, 0.05) is 66.9 Å². The molecule has 1 aliphatic heterocycles. The Bertz CT molecular complexity index is 1160. The Balaban J connectivity index is 1.39. The molecule has 1 fully saturated rings. The van der Waals surface area contributed by atoms with Crippen LogP contribution in [0.1, 0.15) is 26.2 Å². The molecule has 0 saturated carbocycles. The standard InChI is InChI=1S/C25H27N7/c1-2-32-18-22(24(30-32)19-7-6-13-26-17-19)23-12-14-27-25(29-23)28-20-8-10-21(11-9-20)31-15-4-3-5-16-31/h6-14,17-18H,2-5,15-16H2,1H3,(H,27,28,29). The van der Waals surface area contributed by atoms with E-state index in [0.29, 0.717) is 5.95 Å². The fourth-order valence-corrected chi connectivity index (χ4v) is 4.09. The van der Waals surface area contributed by atoms with Crippen LogP contribution in [0.4, 0.5) is 17.3 Å². The van der Waals surface area contributed by atoms with E-state index in [4.69, 9.17) is 10.1 Å².